The van der Waals surface area contributed by atoms with Gasteiger partial charge >= 0.3 is 6.03 Å². The van der Waals surface area contributed by atoms with Gasteiger partial charge in [0.1, 0.15) is 0 Å². The summed E-state index contributed by atoms with van der Waals surface area (Å²) in [5.41, 5.74) is 0. The fourth-order valence-corrected chi connectivity index (χ4v) is 3.88. The molecule has 1 N–H and O–H groups in total. The zero-order valence-electron chi connectivity index (χ0n) is 12.3. The Bertz CT molecular complexity index is 557. The van der Waals surface area contributed by atoms with Crippen LogP contribution in [0, 0.1) is 0 Å². The number of amides is 3. The van der Waals surface area contributed by atoms with Crippen LogP contribution in [0.2, 0.25) is 4.34 Å². The minimum atomic E-state index is -0.266. The fraction of sp³-hybridized carbons (Fsp3) is 0.571. The van der Waals surface area contributed by atoms with Crippen LogP contribution in [0.1, 0.15) is 4.88 Å². The Labute approximate surface area is 138 Å². The second kappa shape index (κ2) is 6.95. The molecule has 2 fully saturated rings. The molecular formula is C14H19ClN4O2S. The molecule has 2 aliphatic heterocycles. The summed E-state index contributed by atoms with van der Waals surface area (Å²) in [6, 6.07) is 3.73. The number of nitrogens with zero attached hydrogens (tertiary/aromatic N) is 3. The second-order valence-corrected chi connectivity index (χ2v) is 7.34. The SMILES string of the molecule is O=C(CN1CCN(Cc2ccc(Cl)s2)CC1)N1CCNC1=O. The van der Waals surface area contributed by atoms with Gasteiger partial charge < -0.3 is 5.32 Å². The van der Waals surface area contributed by atoms with Gasteiger partial charge in [-0.15, -0.1) is 11.3 Å². The maximum absolute atomic E-state index is 12.1. The summed E-state index contributed by atoms with van der Waals surface area (Å²) in [7, 11) is 0. The highest BCUT2D eigenvalue weighted by Crippen LogP contribution is 2.23. The molecule has 0 unspecified atom stereocenters. The minimum Gasteiger partial charge on any atom is -0.336 e. The van der Waals surface area contributed by atoms with Crippen molar-refractivity contribution < 1.29 is 9.59 Å². The first-order valence-electron chi connectivity index (χ1n) is 7.39. The van der Waals surface area contributed by atoms with Crippen LogP contribution in [0.5, 0.6) is 0 Å². The maximum Gasteiger partial charge on any atom is 0.324 e. The number of rotatable bonds is 4. The van der Waals surface area contributed by atoms with Crippen molar-refractivity contribution in [2.75, 3.05) is 45.8 Å². The molecule has 2 saturated heterocycles. The number of halogens is 1. The first-order chi connectivity index (χ1) is 10.6. The van der Waals surface area contributed by atoms with E-state index in [0.717, 1.165) is 37.1 Å². The normalized spacial score (nSPS) is 20.4. The quantitative estimate of drug-likeness (QED) is 0.889. The molecule has 0 saturated carbocycles. The van der Waals surface area contributed by atoms with Gasteiger partial charge in [-0.05, 0) is 12.1 Å². The smallest absolute Gasteiger partial charge is 0.324 e. The van der Waals surface area contributed by atoms with Crippen LogP contribution in [0.25, 0.3) is 0 Å². The van der Waals surface area contributed by atoms with Crippen LogP contribution in [-0.2, 0) is 11.3 Å². The van der Waals surface area contributed by atoms with Crippen LogP contribution in [0.15, 0.2) is 12.1 Å². The van der Waals surface area contributed by atoms with Gasteiger partial charge in [-0.1, -0.05) is 11.6 Å². The van der Waals surface area contributed by atoms with E-state index in [1.165, 1.54) is 9.78 Å². The third kappa shape index (κ3) is 3.78. The number of nitrogens with one attached hydrogen (secondary N) is 1. The Balaban J connectivity index is 1.43. The van der Waals surface area contributed by atoms with Gasteiger partial charge in [0.25, 0.3) is 0 Å². The number of thiophene rings is 1. The number of hydrogen-bond donors (Lipinski definition) is 1. The summed E-state index contributed by atoms with van der Waals surface area (Å²) >= 11 is 7.56. The topological polar surface area (TPSA) is 55.9 Å². The lowest BCUT2D eigenvalue weighted by Crippen LogP contribution is -2.50. The van der Waals surface area contributed by atoms with E-state index < -0.39 is 0 Å². The van der Waals surface area contributed by atoms with Crippen molar-refractivity contribution in [1.82, 2.24) is 20.0 Å². The molecule has 1 aromatic heterocycles. The summed E-state index contributed by atoms with van der Waals surface area (Å²) < 4.78 is 0.822. The predicted octanol–water partition coefficient (Wildman–Crippen LogP) is 1.07. The first kappa shape index (κ1) is 15.7. The number of carbonyl (C=O) groups is 2. The van der Waals surface area contributed by atoms with Crippen molar-refractivity contribution in [1.29, 1.82) is 0 Å². The minimum absolute atomic E-state index is 0.103. The third-order valence-corrected chi connectivity index (χ3v) is 5.21. The highest BCUT2D eigenvalue weighted by atomic mass is 35.5. The lowest BCUT2D eigenvalue weighted by molar-refractivity contribution is -0.129. The molecule has 0 bridgehead atoms. The number of urea groups is 1. The summed E-state index contributed by atoms with van der Waals surface area (Å²) in [5.74, 6) is -0.103. The number of carbonyl (C=O) groups excluding carboxylic acids is 2. The molecule has 0 spiro atoms. The molecule has 22 heavy (non-hydrogen) atoms. The van der Waals surface area contributed by atoms with Gasteiger partial charge in [-0.2, -0.15) is 0 Å². The molecule has 0 atom stereocenters. The highest BCUT2D eigenvalue weighted by molar-refractivity contribution is 7.16. The van der Waals surface area contributed by atoms with E-state index in [9.17, 15) is 9.59 Å². The lowest BCUT2D eigenvalue weighted by Gasteiger charge is -2.34. The molecule has 6 nitrogen and oxygen atoms in total. The first-order valence-corrected chi connectivity index (χ1v) is 8.58. The monoisotopic (exact) mass is 342 g/mol. The highest BCUT2D eigenvalue weighted by Gasteiger charge is 2.28. The lowest BCUT2D eigenvalue weighted by atomic mass is 10.3. The average molecular weight is 343 g/mol. The molecule has 3 amide bonds. The van der Waals surface area contributed by atoms with Crippen molar-refractivity contribution in [3.8, 4) is 0 Å². The van der Waals surface area contributed by atoms with Gasteiger partial charge in [-0.25, -0.2) is 4.79 Å². The molecular weight excluding hydrogens is 324 g/mol. The Morgan fingerprint density at radius 2 is 1.91 bits per heavy atom. The maximum atomic E-state index is 12.1. The summed E-state index contributed by atoms with van der Waals surface area (Å²) in [6.07, 6.45) is 0. The Morgan fingerprint density at radius 1 is 1.18 bits per heavy atom. The summed E-state index contributed by atoms with van der Waals surface area (Å²) in [6.45, 7) is 5.82. The largest absolute Gasteiger partial charge is 0.336 e. The molecule has 0 aromatic carbocycles. The van der Waals surface area contributed by atoms with Crippen molar-refractivity contribution >= 4 is 34.9 Å². The Morgan fingerprint density at radius 3 is 2.50 bits per heavy atom. The standard InChI is InChI=1S/C14H19ClN4O2S/c15-12-2-1-11(22-12)9-17-5-7-18(8-6-17)10-13(20)19-4-3-16-14(19)21/h1-2H,3-10H2,(H,16,21). The zero-order valence-corrected chi connectivity index (χ0v) is 13.8. The van der Waals surface area contributed by atoms with E-state index in [1.807, 2.05) is 6.07 Å². The molecule has 0 aliphatic carbocycles. The van der Waals surface area contributed by atoms with E-state index in [-0.39, 0.29) is 11.9 Å². The molecule has 3 rings (SSSR count). The van der Waals surface area contributed by atoms with Crippen LogP contribution in [-0.4, -0.2) is 72.5 Å². The van der Waals surface area contributed by atoms with E-state index >= 15 is 0 Å². The molecule has 1 aromatic rings. The van der Waals surface area contributed by atoms with Crippen molar-refractivity contribution in [2.24, 2.45) is 0 Å². The fourth-order valence-electron chi connectivity index (χ4n) is 2.75. The molecule has 8 heteroatoms. The van der Waals surface area contributed by atoms with E-state index in [2.05, 4.69) is 21.2 Å². The molecule has 2 aliphatic rings. The average Bonchev–Trinajstić information content (AvgIpc) is 3.10. The Kier molecular flexibility index (Phi) is 4.97. The number of hydrogen-bond acceptors (Lipinski definition) is 5. The van der Waals surface area contributed by atoms with Gasteiger partial charge in [0.15, 0.2) is 0 Å². The molecule has 120 valence electrons. The van der Waals surface area contributed by atoms with E-state index in [1.54, 1.807) is 11.3 Å². The molecule has 3 heterocycles. The van der Waals surface area contributed by atoms with Crippen molar-refractivity contribution in [3.05, 3.63) is 21.3 Å². The van der Waals surface area contributed by atoms with Crippen LogP contribution < -0.4 is 5.32 Å². The summed E-state index contributed by atoms with van der Waals surface area (Å²) in [4.78, 5) is 30.6. The number of imide groups is 1. The van der Waals surface area contributed by atoms with E-state index in [4.69, 9.17) is 11.6 Å². The summed E-state index contributed by atoms with van der Waals surface area (Å²) in [5, 5.41) is 2.65. The third-order valence-electron chi connectivity index (χ3n) is 3.99. The van der Waals surface area contributed by atoms with Gasteiger partial charge in [0, 0.05) is 50.7 Å². The molecule has 0 radical (unpaired) electrons. The van der Waals surface area contributed by atoms with Gasteiger partial charge in [-0.3, -0.25) is 19.5 Å². The van der Waals surface area contributed by atoms with Crippen LogP contribution in [0.3, 0.4) is 0 Å². The van der Waals surface area contributed by atoms with Crippen molar-refractivity contribution in [2.45, 2.75) is 6.54 Å². The second-order valence-electron chi connectivity index (χ2n) is 5.54. The van der Waals surface area contributed by atoms with Crippen LogP contribution in [0.4, 0.5) is 4.79 Å². The Hall–Kier alpha value is -1.15. The van der Waals surface area contributed by atoms with E-state index in [0.29, 0.717) is 19.6 Å². The number of piperazine rings is 1. The van der Waals surface area contributed by atoms with Gasteiger partial charge in [0.05, 0.1) is 10.9 Å². The van der Waals surface area contributed by atoms with Crippen LogP contribution >= 0.6 is 22.9 Å². The van der Waals surface area contributed by atoms with Gasteiger partial charge in [0.2, 0.25) is 5.91 Å². The zero-order chi connectivity index (χ0) is 15.5. The predicted molar refractivity (Wildman–Crippen MR) is 86.2 cm³/mol. The van der Waals surface area contributed by atoms with Crippen molar-refractivity contribution in [3.63, 3.8) is 0 Å².